The van der Waals surface area contributed by atoms with E-state index in [1.165, 1.54) is 37.3 Å². The summed E-state index contributed by atoms with van der Waals surface area (Å²) in [6, 6.07) is 31.1. The third-order valence-corrected chi connectivity index (χ3v) is 11.0. The monoisotopic (exact) mass is 887 g/mol. The van der Waals surface area contributed by atoms with Crippen LogP contribution in [0, 0.1) is 5.92 Å². The molecular weight excluding hydrogens is 806 g/mol. The number of aryl methyl sites for hydroxylation is 3. The molecule has 0 amide bonds. The van der Waals surface area contributed by atoms with Crippen LogP contribution in [0.25, 0.3) is 0 Å². The molecule has 2 fully saturated rings. The number of hydrogen-bond acceptors (Lipinski definition) is 10. The molecule has 0 spiro atoms. The van der Waals surface area contributed by atoms with E-state index in [1.807, 2.05) is 122 Å². The Morgan fingerprint density at radius 3 is 1.12 bits per heavy atom. The molecule has 0 radical (unpaired) electrons. The third kappa shape index (κ3) is 22.3. The molecule has 354 valence electrons. The quantitative estimate of drug-likeness (QED) is 0.0831. The predicted octanol–water partition coefficient (Wildman–Crippen LogP) is 12.9. The molecule has 0 aliphatic carbocycles. The first-order valence-electron chi connectivity index (χ1n) is 21.5. The van der Waals surface area contributed by atoms with E-state index >= 15 is 0 Å². The van der Waals surface area contributed by atoms with Gasteiger partial charge in [0.05, 0.1) is 36.6 Å². The standard InChI is InChI=1S/2C13H16O3.C12H24B2O4.C12H16.2CH4/c2*1-15-13(14)16-11-7-3-6-10-12-8-4-2-5-9-12;1-9(2)10(3,4)16-13(15-9)14-17-11(5,6)12(7,8)18-14;1-3-11(2)9-10-12-7-5-4-6-8-12;;/h2*2-5,7-9H,6,10-11H2,1H3;1-8H3;3-8,11H,1,9-10H2,2H3;2*1H4/b7-3+;7-3-;;;;. The van der Waals surface area contributed by atoms with Crippen LogP contribution in [0.5, 0.6) is 0 Å². The first kappa shape index (κ1) is 59.4. The van der Waals surface area contributed by atoms with Crippen LogP contribution in [0.15, 0.2) is 128 Å². The summed E-state index contributed by atoms with van der Waals surface area (Å²) in [6.45, 7) is 22.7. The van der Waals surface area contributed by atoms with Gasteiger partial charge in [-0.3, -0.25) is 0 Å². The minimum absolute atomic E-state index is 0. The minimum Gasteiger partial charge on any atom is -0.438 e. The lowest BCUT2D eigenvalue weighted by Gasteiger charge is -2.32. The van der Waals surface area contributed by atoms with E-state index in [4.69, 9.17) is 28.1 Å². The van der Waals surface area contributed by atoms with Crippen LogP contribution in [0.2, 0.25) is 0 Å². The molecule has 2 aliphatic heterocycles. The summed E-state index contributed by atoms with van der Waals surface area (Å²) in [7, 11) is 1.63. The van der Waals surface area contributed by atoms with Crippen molar-refractivity contribution in [3.8, 4) is 0 Å². The van der Waals surface area contributed by atoms with E-state index in [0.717, 1.165) is 32.1 Å². The maximum atomic E-state index is 10.6. The van der Waals surface area contributed by atoms with Gasteiger partial charge in [0.1, 0.15) is 13.2 Å². The summed E-state index contributed by atoms with van der Waals surface area (Å²) in [5.41, 5.74) is 2.60. The number of carbonyl (C=O) groups excluding carboxylic acids is 2. The van der Waals surface area contributed by atoms with E-state index in [1.54, 1.807) is 0 Å². The highest BCUT2D eigenvalue weighted by atomic mass is 16.7. The van der Waals surface area contributed by atoms with Crippen molar-refractivity contribution in [1.82, 2.24) is 0 Å². The Labute approximate surface area is 388 Å². The van der Waals surface area contributed by atoms with Gasteiger partial charge in [-0.15, -0.1) is 6.58 Å². The van der Waals surface area contributed by atoms with Gasteiger partial charge in [0.2, 0.25) is 0 Å². The van der Waals surface area contributed by atoms with Gasteiger partial charge in [0, 0.05) is 0 Å². The van der Waals surface area contributed by atoms with E-state index in [-0.39, 0.29) is 50.5 Å². The van der Waals surface area contributed by atoms with Crippen LogP contribution < -0.4 is 0 Å². The van der Waals surface area contributed by atoms with Gasteiger partial charge in [0.25, 0.3) is 0 Å². The third-order valence-electron chi connectivity index (χ3n) is 11.0. The molecule has 10 nitrogen and oxygen atoms in total. The molecule has 2 aliphatic rings. The van der Waals surface area contributed by atoms with Gasteiger partial charge in [-0.2, -0.15) is 0 Å². The van der Waals surface area contributed by atoms with Gasteiger partial charge in [-0.1, -0.05) is 143 Å². The molecule has 12 heteroatoms. The summed E-state index contributed by atoms with van der Waals surface area (Å²) in [5, 5.41) is 0. The second-order valence-electron chi connectivity index (χ2n) is 17.0. The molecule has 0 bridgehead atoms. The second-order valence-corrected chi connectivity index (χ2v) is 17.0. The molecule has 1 atom stereocenters. The molecule has 2 heterocycles. The highest BCUT2D eigenvalue weighted by Crippen LogP contribution is 2.43. The topological polar surface area (TPSA) is 108 Å². The highest BCUT2D eigenvalue weighted by molar-refractivity contribution is 7.11. The number of methoxy groups -OCH3 is 2. The Hall–Kier alpha value is -4.61. The fraction of sp³-hybridized carbons (Fsp3) is 0.500. The Bertz CT molecular complexity index is 1630. The molecule has 0 aromatic heterocycles. The number of benzene rings is 3. The summed E-state index contributed by atoms with van der Waals surface area (Å²) < 4.78 is 41.9. The van der Waals surface area contributed by atoms with Crippen LogP contribution in [0.3, 0.4) is 0 Å². The number of carbonyl (C=O) groups is 2. The largest absolute Gasteiger partial charge is 0.508 e. The van der Waals surface area contributed by atoms with Crippen molar-refractivity contribution >= 4 is 26.3 Å². The first-order valence-corrected chi connectivity index (χ1v) is 21.5. The van der Waals surface area contributed by atoms with Crippen LogP contribution in [0.4, 0.5) is 9.59 Å². The molecule has 3 aromatic carbocycles. The second kappa shape index (κ2) is 30.5. The average molecular weight is 887 g/mol. The number of allylic oxidation sites excluding steroid dienone is 3. The van der Waals surface area contributed by atoms with Gasteiger partial charge in [0.15, 0.2) is 0 Å². The maximum Gasteiger partial charge on any atom is 0.508 e. The normalized spacial score (nSPS) is 16.5. The van der Waals surface area contributed by atoms with Gasteiger partial charge in [-0.05, 0) is 117 Å². The van der Waals surface area contributed by atoms with E-state index < -0.39 is 26.3 Å². The summed E-state index contributed by atoms with van der Waals surface area (Å²) in [4.78, 5) is 21.2. The van der Waals surface area contributed by atoms with Crippen molar-refractivity contribution < 1.29 is 47.2 Å². The van der Waals surface area contributed by atoms with Crippen LogP contribution in [-0.2, 0) is 56.8 Å². The van der Waals surface area contributed by atoms with Crippen LogP contribution in [0.1, 0.15) is 113 Å². The van der Waals surface area contributed by atoms with Crippen molar-refractivity contribution in [2.75, 3.05) is 27.4 Å². The van der Waals surface area contributed by atoms with Crippen LogP contribution in [-0.4, -0.2) is 76.2 Å². The van der Waals surface area contributed by atoms with Crippen molar-refractivity contribution in [2.24, 2.45) is 5.92 Å². The van der Waals surface area contributed by atoms with Crippen LogP contribution >= 0.6 is 0 Å². The molecule has 64 heavy (non-hydrogen) atoms. The summed E-state index contributed by atoms with van der Waals surface area (Å²) in [6.07, 6.45) is 14.6. The molecule has 5 rings (SSSR count). The lowest BCUT2D eigenvalue weighted by atomic mass is 9.49. The SMILES string of the molecule is C.C.C=CC(C)CCc1ccccc1.CC1(C)OB(B2OC(C)(C)C(C)(C)O2)OC1(C)C.COC(=O)OC/C=C/CCc1ccccc1.COC(=O)OC/C=C\CCc1ccccc1. The van der Waals surface area contributed by atoms with Crippen molar-refractivity contribution in [3.63, 3.8) is 0 Å². The fourth-order valence-corrected chi connectivity index (χ4v) is 5.67. The number of ether oxygens (including phenoxy) is 4. The number of rotatable bonds is 15. The van der Waals surface area contributed by atoms with Crippen molar-refractivity contribution in [3.05, 3.63) is 145 Å². The zero-order valence-corrected chi connectivity index (χ0v) is 39.2. The predicted molar refractivity (Wildman–Crippen MR) is 264 cm³/mol. The summed E-state index contributed by atoms with van der Waals surface area (Å²) >= 11 is 0. The van der Waals surface area contributed by atoms with E-state index in [9.17, 15) is 9.59 Å². The smallest absolute Gasteiger partial charge is 0.438 e. The van der Waals surface area contributed by atoms with Gasteiger partial charge >= 0.3 is 26.3 Å². The fourth-order valence-electron chi connectivity index (χ4n) is 5.67. The van der Waals surface area contributed by atoms with E-state index in [2.05, 4.69) is 77.6 Å². The summed E-state index contributed by atoms with van der Waals surface area (Å²) in [5.74, 6) is 0.630. The molecule has 1 unspecified atom stereocenters. The Morgan fingerprint density at radius 1 is 0.547 bits per heavy atom. The maximum absolute atomic E-state index is 10.6. The van der Waals surface area contributed by atoms with Gasteiger partial charge < -0.3 is 37.6 Å². The Morgan fingerprint density at radius 2 is 0.844 bits per heavy atom. The van der Waals surface area contributed by atoms with Gasteiger partial charge in [-0.25, -0.2) is 9.59 Å². The average Bonchev–Trinajstić information content (AvgIpc) is 3.63. The van der Waals surface area contributed by atoms with Crippen molar-refractivity contribution in [1.29, 1.82) is 0 Å². The Balaban J connectivity index is 0.000000826. The zero-order valence-electron chi connectivity index (χ0n) is 39.2. The highest BCUT2D eigenvalue weighted by Gasteiger charge is 2.63. The lowest BCUT2D eigenvalue weighted by Crippen LogP contribution is -2.41. The van der Waals surface area contributed by atoms with Crippen molar-refractivity contribution in [2.45, 2.75) is 138 Å². The molecule has 0 saturated carbocycles. The molecule has 0 N–H and O–H groups in total. The minimum atomic E-state index is -0.646. The number of hydrogen-bond donors (Lipinski definition) is 0. The molecule has 2 saturated heterocycles. The molecular formula is C52H80B2O10. The molecule has 3 aromatic rings. The Kier molecular flexibility index (Phi) is 28.3. The first-order chi connectivity index (χ1) is 29.4. The lowest BCUT2D eigenvalue weighted by molar-refractivity contribution is 0.00578. The zero-order chi connectivity index (χ0) is 46.1. The van der Waals surface area contributed by atoms with E-state index in [0.29, 0.717) is 5.92 Å².